The van der Waals surface area contributed by atoms with Crippen LogP contribution in [0.1, 0.15) is 310 Å². The molecule has 0 rings (SSSR count). The highest BCUT2D eigenvalue weighted by Crippen LogP contribution is 2.17. The second-order valence-corrected chi connectivity index (χ2v) is 20.6. The maximum absolute atomic E-state index is 12.8. The summed E-state index contributed by atoms with van der Waals surface area (Å²) in [6.45, 7) is 6.49. The second-order valence-electron chi connectivity index (χ2n) is 20.6. The van der Waals surface area contributed by atoms with Gasteiger partial charge in [0.1, 0.15) is 13.2 Å². The zero-order valence-electron chi connectivity index (χ0n) is 47.7. The summed E-state index contributed by atoms with van der Waals surface area (Å²) >= 11 is 0. The van der Waals surface area contributed by atoms with Gasteiger partial charge in [0.2, 0.25) is 0 Å². The maximum Gasteiger partial charge on any atom is 0.306 e. The summed E-state index contributed by atoms with van der Waals surface area (Å²) in [4.78, 5) is 38.1. The van der Waals surface area contributed by atoms with E-state index in [9.17, 15) is 14.4 Å². The second kappa shape index (κ2) is 60.4. The highest BCUT2D eigenvalue weighted by Gasteiger charge is 2.19. The largest absolute Gasteiger partial charge is 0.462 e. The van der Waals surface area contributed by atoms with E-state index in [1.165, 1.54) is 186 Å². The van der Waals surface area contributed by atoms with Crippen LogP contribution in [0.2, 0.25) is 0 Å². The Labute approximate surface area is 446 Å². The molecule has 0 aliphatic rings. The molecule has 0 saturated heterocycles. The number of hydrogen-bond donors (Lipinski definition) is 0. The van der Waals surface area contributed by atoms with Gasteiger partial charge in [0.25, 0.3) is 0 Å². The standard InChI is InChI=1S/C66H116O6/c1-4-7-10-13-16-19-22-24-26-28-30-31-32-33-34-36-37-39-41-44-47-50-53-56-59-65(68)71-62-63(61-70-64(67)58-55-52-49-46-43-21-18-15-12-9-6-3)72-66(69)60-57-54-51-48-45-42-40-38-35-29-27-25-23-20-17-14-11-8-5-2/h8,11,17,20,25,27,35,38,42,45,51,54,63H,4-7,9-10,12-16,18-19,21-24,26,28-34,36-37,39-41,43-44,46-50,52-53,55-62H2,1-3H3/b11-8-,20-17-,27-25-,38-35-,45-42-,54-51-. The lowest BCUT2D eigenvalue weighted by Gasteiger charge is -2.18. The van der Waals surface area contributed by atoms with Gasteiger partial charge < -0.3 is 14.2 Å². The fourth-order valence-electron chi connectivity index (χ4n) is 8.88. The van der Waals surface area contributed by atoms with Crippen molar-refractivity contribution >= 4 is 17.9 Å². The number of allylic oxidation sites excluding steroid dienone is 12. The number of unbranched alkanes of at least 4 members (excludes halogenated alkanes) is 33. The highest BCUT2D eigenvalue weighted by atomic mass is 16.6. The summed E-state index contributed by atoms with van der Waals surface area (Å²) < 4.78 is 16.8. The summed E-state index contributed by atoms with van der Waals surface area (Å²) in [5, 5.41) is 0. The molecule has 0 amide bonds. The van der Waals surface area contributed by atoms with Crippen LogP contribution >= 0.6 is 0 Å². The summed E-state index contributed by atoms with van der Waals surface area (Å²) in [6, 6.07) is 0. The highest BCUT2D eigenvalue weighted by molar-refractivity contribution is 5.71. The van der Waals surface area contributed by atoms with E-state index in [1.807, 2.05) is 6.08 Å². The number of rotatable bonds is 56. The molecule has 0 radical (unpaired) electrons. The Hall–Kier alpha value is -3.15. The summed E-state index contributed by atoms with van der Waals surface area (Å²) in [7, 11) is 0. The first-order chi connectivity index (χ1) is 35.5. The molecule has 0 aliphatic carbocycles. The average Bonchev–Trinajstić information content (AvgIpc) is 3.38. The van der Waals surface area contributed by atoms with Gasteiger partial charge in [-0.1, -0.05) is 306 Å². The molecule has 0 spiro atoms. The smallest absolute Gasteiger partial charge is 0.306 e. The molecule has 0 fully saturated rings. The van der Waals surface area contributed by atoms with Crippen molar-refractivity contribution in [1.82, 2.24) is 0 Å². The van der Waals surface area contributed by atoms with Crippen molar-refractivity contribution in [2.75, 3.05) is 13.2 Å². The summed E-state index contributed by atoms with van der Waals surface area (Å²) in [5.41, 5.74) is 0. The van der Waals surface area contributed by atoms with E-state index in [-0.39, 0.29) is 37.5 Å². The first-order valence-corrected chi connectivity index (χ1v) is 30.9. The Balaban J connectivity index is 4.33. The molecule has 0 bridgehead atoms. The van der Waals surface area contributed by atoms with Crippen molar-refractivity contribution in [3.63, 3.8) is 0 Å². The number of esters is 3. The minimum absolute atomic E-state index is 0.102. The van der Waals surface area contributed by atoms with Crippen molar-refractivity contribution in [3.05, 3.63) is 72.9 Å². The van der Waals surface area contributed by atoms with Crippen molar-refractivity contribution < 1.29 is 28.6 Å². The molecule has 1 atom stereocenters. The molecule has 0 aliphatic heterocycles. The van der Waals surface area contributed by atoms with Crippen molar-refractivity contribution in [3.8, 4) is 0 Å². The molecule has 0 N–H and O–H groups in total. The third-order valence-electron chi connectivity index (χ3n) is 13.5. The molecule has 0 aromatic heterocycles. The van der Waals surface area contributed by atoms with Gasteiger partial charge in [-0.05, 0) is 57.8 Å². The zero-order valence-corrected chi connectivity index (χ0v) is 47.7. The molecule has 6 heteroatoms. The predicted molar refractivity (Wildman–Crippen MR) is 311 cm³/mol. The van der Waals surface area contributed by atoms with Crippen molar-refractivity contribution in [2.24, 2.45) is 0 Å². The Morgan fingerprint density at radius 3 is 0.819 bits per heavy atom. The van der Waals surface area contributed by atoms with Crippen molar-refractivity contribution in [1.29, 1.82) is 0 Å². The molecule has 0 heterocycles. The minimum atomic E-state index is -0.813. The van der Waals surface area contributed by atoms with Gasteiger partial charge >= 0.3 is 17.9 Å². The molecule has 0 aromatic rings. The van der Waals surface area contributed by atoms with Crippen LogP contribution in [0, 0.1) is 0 Å². The average molecular weight is 1010 g/mol. The van der Waals surface area contributed by atoms with Crippen LogP contribution in [0.4, 0.5) is 0 Å². The first kappa shape index (κ1) is 68.8. The SMILES string of the molecule is CC/C=C\C/C=C\C/C=C\C/C=C\C/C=C\C/C=C\CCC(=O)OC(COC(=O)CCCCCCCCCCCCC)COC(=O)CCCCCCCCCCCCCCCCCCCCCCCCCC. The molecule has 6 nitrogen and oxygen atoms in total. The molecule has 72 heavy (non-hydrogen) atoms. The summed E-state index contributed by atoms with van der Waals surface area (Å²) in [6.07, 6.45) is 77.9. The normalized spacial score (nSPS) is 12.5. The number of carbonyl (C=O) groups is 3. The van der Waals surface area contributed by atoms with Crippen LogP contribution in [0.5, 0.6) is 0 Å². The lowest BCUT2D eigenvalue weighted by molar-refractivity contribution is -0.166. The Morgan fingerprint density at radius 1 is 0.292 bits per heavy atom. The van der Waals surface area contributed by atoms with Crippen molar-refractivity contribution in [2.45, 2.75) is 316 Å². The lowest BCUT2D eigenvalue weighted by Crippen LogP contribution is -2.30. The van der Waals surface area contributed by atoms with Crippen LogP contribution in [0.25, 0.3) is 0 Å². The lowest BCUT2D eigenvalue weighted by atomic mass is 10.0. The zero-order chi connectivity index (χ0) is 52.2. The topological polar surface area (TPSA) is 78.9 Å². The van der Waals surface area contributed by atoms with Gasteiger partial charge in [-0.25, -0.2) is 0 Å². The van der Waals surface area contributed by atoms with Gasteiger partial charge in [-0.15, -0.1) is 0 Å². The van der Waals surface area contributed by atoms with Gasteiger partial charge in [-0.2, -0.15) is 0 Å². The van der Waals surface area contributed by atoms with Gasteiger partial charge in [-0.3, -0.25) is 14.4 Å². The number of carbonyl (C=O) groups excluding carboxylic acids is 3. The predicted octanol–water partition coefficient (Wildman–Crippen LogP) is 20.9. The van der Waals surface area contributed by atoms with E-state index in [1.54, 1.807) is 0 Å². The van der Waals surface area contributed by atoms with Crippen LogP contribution in [0.3, 0.4) is 0 Å². The Bertz CT molecular complexity index is 1340. The van der Waals surface area contributed by atoms with E-state index in [2.05, 4.69) is 87.6 Å². The van der Waals surface area contributed by atoms with Crippen LogP contribution < -0.4 is 0 Å². The summed E-state index contributed by atoms with van der Waals surface area (Å²) in [5.74, 6) is -0.973. The van der Waals surface area contributed by atoms with Gasteiger partial charge in [0.15, 0.2) is 6.10 Å². The van der Waals surface area contributed by atoms with E-state index in [0.717, 1.165) is 77.0 Å². The molecular formula is C66H116O6. The number of hydrogen-bond acceptors (Lipinski definition) is 6. The third-order valence-corrected chi connectivity index (χ3v) is 13.5. The molecule has 416 valence electrons. The van der Waals surface area contributed by atoms with E-state index < -0.39 is 6.10 Å². The van der Waals surface area contributed by atoms with Gasteiger partial charge in [0.05, 0.1) is 0 Å². The van der Waals surface area contributed by atoms with Crippen LogP contribution in [-0.4, -0.2) is 37.2 Å². The van der Waals surface area contributed by atoms with E-state index in [0.29, 0.717) is 19.3 Å². The fourth-order valence-corrected chi connectivity index (χ4v) is 8.88. The first-order valence-electron chi connectivity index (χ1n) is 30.9. The molecule has 0 aromatic carbocycles. The molecular weight excluding hydrogens is 889 g/mol. The number of ether oxygens (including phenoxy) is 3. The van der Waals surface area contributed by atoms with E-state index in [4.69, 9.17) is 14.2 Å². The van der Waals surface area contributed by atoms with E-state index >= 15 is 0 Å². The Kier molecular flexibility index (Phi) is 57.8. The third kappa shape index (κ3) is 57.7. The minimum Gasteiger partial charge on any atom is -0.462 e. The quantitative estimate of drug-likeness (QED) is 0.0261. The fraction of sp³-hybridized carbons (Fsp3) is 0.773. The monoisotopic (exact) mass is 1000 g/mol. The maximum atomic E-state index is 12.8. The molecule has 1 unspecified atom stereocenters. The van der Waals surface area contributed by atoms with Crippen LogP contribution in [0.15, 0.2) is 72.9 Å². The van der Waals surface area contributed by atoms with Crippen LogP contribution in [-0.2, 0) is 28.6 Å². The van der Waals surface area contributed by atoms with Gasteiger partial charge in [0, 0.05) is 19.3 Å². The molecule has 0 saturated carbocycles. The Morgan fingerprint density at radius 2 is 0.542 bits per heavy atom.